The number of dihydropyridines is 2. The van der Waals surface area contributed by atoms with Gasteiger partial charge in [-0.2, -0.15) is 0 Å². The molecule has 4 aromatic rings. The molecule has 6 rings (SSSR count). The number of amides is 2. The van der Waals surface area contributed by atoms with Crippen molar-refractivity contribution in [2.24, 2.45) is 0 Å². The van der Waals surface area contributed by atoms with Crippen LogP contribution in [0.15, 0.2) is 154 Å². The fourth-order valence-corrected chi connectivity index (χ4v) is 9.37. The number of esters is 4. The van der Waals surface area contributed by atoms with Gasteiger partial charge in [0, 0.05) is 99.2 Å². The normalized spacial score (nSPS) is 15.1. The zero-order valence-electron chi connectivity index (χ0n) is 50.4. The lowest BCUT2D eigenvalue weighted by Crippen LogP contribution is -2.37. The van der Waals surface area contributed by atoms with Gasteiger partial charge in [0.1, 0.15) is 36.9 Å². The molecule has 4 atom stereocenters. The third kappa shape index (κ3) is 22.6. The summed E-state index contributed by atoms with van der Waals surface area (Å²) in [6.45, 7) is 8.92. The Kier molecular flexibility index (Phi) is 30.1. The molecule has 27 heteroatoms. The van der Waals surface area contributed by atoms with Crippen LogP contribution in [0, 0.1) is 20.2 Å². The number of hydrogen-bond donors (Lipinski definition) is 8. The maximum Gasteiger partial charge on any atom is 0.336 e. The lowest BCUT2D eigenvalue weighted by molar-refractivity contribution is -0.385. The number of rotatable bonds is 32. The Labute approximate surface area is 514 Å². The summed E-state index contributed by atoms with van der Waals surface area (Å²) in [5.74, 6) is -3.86. The lowest BCUT2D eigenvalue weighted by atomic mass is 9.80. The maximum absolute atomic E-state index is 13.3. The molecule has 480 valence electrons. The van der Waals surface area contributed by atoms with Crippen molar-refractivity contribution in [3.8, 4) is 11.5 Å². The lowest BCUT2D eigenvalue weighted by Gasteiger charge is -2.30. The minimum atomic E-state index is -0.963. The molecule has 10 N–H and O–H groups in total. The molecule has 27 nitrogen and oxygen atoms in total. The van der Waals surface area contributed by atoms with Gasteiger partial charge in [-0.15, -0.1) is 0 Å². The Morgan fingerprint density at radius 2 is 0.865 bits per heavy atom. The minimum absolute atomic E-state index is 0. The summed E-state index contributed by atoms with van der Waals surface area (Å²) in [6, 6.07) is 29.8. The number of para-hydroxylation sites is 2. The summed E-state index contributed by atoms with van der Waals surface area (Å²) in [6.07, 6.45) is -0.701. The van der Waals surface area contributed by atoms with Crippen LogP contribution < -0.4 is 41.4 Å². The number of benzene rings is 4. The molecule has 4 aromatic carbocycles. The topological polar surface area (TPSA) is 388 Å². The minimum Gasteiger partial charge on any atom is -0.491 e. The molecule has 0 spiro atoms. The second-order valence-corrected chi connectivity index (χ2v) is 20.1. The SMILES string of the molecule is COC(=O)C1=C(C)NC(C)=C(C(=O)OCCCC(=O)NCCNCC(O)COc2ccccc2)C1c1cccc([N+](=O)[O-])c1.COC(=O)C1=C(C)NC(C)=C(C(=O)OCCCC(=O)NCCNCC(O)COc2ccccc2)C1c1cccc([N+](=O)[O-])c1.O. The Hall–Kier alpha value is -9.54. The molecular weight excluding hydrogens is 1160 g/mol. The fraction of sp³-hybridized carbons (Fsp3) is 0.387. The number of carbonyl (C=O) groups excluding carboxylic acids is 6. The first-order valence-corrected chi connectivity index (χ1v) is 28.3. The summed E-state index contributed by atoms with van der Waals surface area (Å²) in [4.78, 5) is 98.2. The third-order valence-electron chi connectivity index (χ3n) is 13.5. The molecule has 4 unspecified atom stereocenters. The maximum atomic E-state index is 13.3. The molecule has 0 aliphatic carbocycles. The number of nitrogens with zero attached hydrogens (tertiary/aromatic N) is 2. The van der Waals surface area contributed by atoms with Gasteiger partial charge in [0.25, 0.3) is 11.4 Å². The molecule has 0 aromatic heterocycles. The number of nitro groups is 2. The number of hydrogen-bond acceptors (Lipinski definition) is 22. The van der Waals surface area contributed by atoms with Gasteiger partial charge in [-0.3, -0.25) is 29.8 Å². The molecule has 2 heterocycles. The van der Waals surface area contributed by atoms with Crippen LogP contribution in [0.3, 0.4) is 0 Å². The quantitative estimate of drug-likeness (QED) is 0.0112. The van der Waals surface area contributed by atoms with Crippen LogP contribution in [-0.4, -0.2) is 153 Å². The van der Waals surface area contributed by atoms with E-state index in [2.05, 4.69) is 31.9 Å². The van der Waals surface area contributed by atoms with Crippen molar-refractivity contribution in [1.82, 2.24) is 31.9 Å². The highest BCUT2D eigenvalue weighted by Crippen LogP contribution is 2.42. The van der Waals surface area contributed by atoms with E-state index in [0.29, 0.717) is 84.7 Å². The van der Waals surface area contributed by atoms with Gasteiger partial charge in [-0.1, -0.05) is 60.7 Å². The molecule has 0 radical (unpaired) electrons. The van der Waals surface area contributed by atoms with E-state index < -0.39 is 57.8 Å². The number of non-ortho nitro benzene ring substituents is 2. The number of nitro benzene ring substituents is 2. The highest BCUT2D eigenvalue weighted by Gasteiger charge is 2.40. The number of nitrogens with one attached hydrogen (secondary N) is 6. The zero-order chi connectivity index (χ0) is 64.1. The van der Waals surface area contributed by atoms with Crippen LogP contribution in [0.5, 0.6) is 11.5 Å². The number of carbonyl (C=O) groups is 6. The monoisotopic (exact) mass is 1240 g/mol. The molecule has 0 fully saturated rings. The van der Waals surface area contributed by atoms with Crippen LogP contribution >= 0.6 is 0 Å². The third-order valence-corrected chi connectivity index (χ3v) is 13.5. The van der Waals surface area contributed by atoms with Crippen molar-refractivity contribution < 1.29 is 82.7 Å². The first kappa shape index (κ1) is 71.9. The average Bonchev–Trinajstić information content (AvgIpc) is 0.948. The Bertz CT molecular complexity index is 3000. The fourth-order valence-electron chi connectivity index (χ4n) is 9.37. The predicted molar refractivity (Wildman–Crippen MR) is 324 cm³/mol. The highest BCUT2D eigenvalue weighted by molar-refractivity contribution is 6.01. The second-order valence-electron chi connectivity index (χ2n) is 20.1. The summed E-state index contributed by atoms with van der Waals surface area (Å²) >= 11 is 0. The summed E-state index contributed by atoms with van der Waals surface area (Å²) < 4.78 is 31.8. The van der Waals surface area contributed by atoms with E-state index in [1.54, 1.807) is 64.1 Å². The van der Waals surface area contributed by atoms with Crippen molar-refractivity contribution in [3.63, 3.8) is 0 Å². The average molecular weight is 1240 g/mol. The number of ether oxygens (including phenoxy) is 6. The van der Waals surface area contributed by atoms with Crippen molar-refractivity contribution >= 4 is 47.1 Å². The van der Waals surface area contributed by atoms with Crippen molar-refractivity contribution in [1.29, 1.82) is 0 Å². The first-order chi connectivity index (χ1) is 42.2. The molecule has 89 heavy (non-hydrogen) atoms. The second kappa shape index (κ2) is 37.2. The largest absolute Gasteiger partial charge is 0.491 e. The van der Waals surface area contributed by atoms with E-state index in [1.807, 2.05) is 36.4 Å². The van der Waals surface area contributed by atoms with Gasteiger partial charge >= 0.3 is 23.9 Å². The van der Waals surface area contributed by atoms with Crippen molar-refractivity contribution in [3.05, 3.63) is 186 Å². The van der Waals surface area contributed by atoms with Gasteiger partial charge in [0.15, 0.2) is 0 Å². The van der Waals surface area contributed by atoms with Crippen molar-refractivity contribution in [2.75, 3.05) is 79.9 Å². The number of methoxy groups -OCH3 is 2. The van der Waals surface area contributed by atoms with E-state index in [-0.39, 0.29) is 103 Å². The van der Waals surface area contributed by atoms with Crippen LogP contribution in [0.25, 0.3) is 0 Å². The Morgan fingerprint density at radius 3 is 1.20 bits per heavy atom. The van der Waals surface area contributed by atoms with Gasteiger partial charge in [-0.05, 0) is 75.9 Å². The van der Waals surface area contributed by atoms with Crippen LogP contribution in [0.4, 0.5) is 11.4 Å². The van der Waals surface area contributed by atoms with Crippen LogP contribution in [0.1, 0.15) is 76.3 Å². The molecule has 0 saturated heterocycles. The predicted octanol–water partition coefficient (Wildman–Crippen LogP) is 4.12. The van der Waals surface area contributed by atoms with Crippen molar-refractivity contribution in [2.45, 2.75) is 77.4 Å². The molecular formula is C62H78N8O19. The standard InChI is InChI=1S/2C31H38N4O9.H2O/c2*1-20-27(30(38)42-3)29(22-9-7-10-23(17-22)35(40)41)28(21(2)34-20)31(39)43-16-8-13-26(37)33-15-14-32-18-24(36)19-44-25-11-5-4-6-12-25;/h2*4-7,9-12,17,24,29,32,34,36H,8,13-16,18-19H2,1-3H3,(H,33,37);1H2. The Morgan fingerprint density at radius 1 is 0.517 bits per heavy atom. The molecule has 2 aliphatic rings. The summed E-state index contributed by atoms with van der Waals surface area (Å²) in [5, 5.41) is 60.5. The molecule has 0 saturated carbocycles. The van der Waals surface area contributed by atoms with Gasteiger partial charge in [0.05, 0.1) is 71.4 Å². The first-order valence-electron chi connectivity index (χ1n) is 28.3. The van der Waals surface area contributed by atoms with E-state index >= 15 is 0 Å². The summed E-state index contributed by atoms with van der Waals surface area (Å²) in [7, 11) is 2.42. The number of aliphatic hydroxyl groups excluding tert-OH is 2. The smallest absolute Gasteiger partial charge is 0.336 e. The van der Waals surface area contributed by atoms with Crippen LogP contribution in [-0.2, 0) is 47.7 Å². The molecule has 0 bridgehead atoms. The zero-order valence-corrected chi connectivity index (χ0v) is 50.4. The van der Waals surface area contributed by atoms with E-state index in [1.165, 1.54) is 50.6 Å². The van der Waals surface area contributed by atoms with E-state index in [0.717, 1.165) is 0 Å². The van der Waals surface area contributed by atoms with Gasteiger partial charge in [-0.25, -0.2) is 19.2 Å². The molecule has 2 aliphatic heterocycles. The summed E-state index contributed by atoms with van der Waals surface area (Å²) in [5.41, 5.74) is 2.58. The number of aliphatic hydroxyl groups is 2. The number of allylic oxidation sites excluding steroid dienone is 4. The van der Waals surface area contributed by atoms with Gasteiger partial charge in [0.2, 0.25) is 11.8 Å². The highest BCUT2D eigenvalue weighted by atomic mass is 16.6. The van der Waals surface area contributed by atoms with E-state index in [9.17, 15) is 59.2 Å². The van der Waals surface area contributed by atoms with Gasteiger partial charge < -0.3 is 76.0 Å². The molecule has 2 amide bonds. The van der Waals surface area contributed by atoms with Crippen LogP contribution in [0.2, 0.25) is 0 Å². The van der Waals surface area contributed by atoms with E-state index in [4.69, 9.17) is 28.4 Å². The Balaban J connectivity index is 0.000000376.